The maximum absolute atomic E-state index is 14.4. The molecule has 1 atom stereocenters. The summed E-state index contributed by atoms with van der Waals surface area (Å²) in [5.74, 6) is -1.75. The number of aromatic nitrogens is 2. The highest BCUT2D eigenvalue weighted by atomic mass is 19.1. The Bertz CT molecular complexity index is 984. The second-order valence-electron chi connectivity index (χ2n) is 8.38. The van der Waals surface area contributed by atoms with Crippen molar-refractivity contribution in [2.24, 2.45) is 5.41 Å². The molecule has 2 amide bonds. The van der Waals surface area contributed by atoms with Crippen LogP contribution >= 0.6 is 0 Å². The van der Waals surface area contributed by atoms with Crippen LogP contribution in [0, 0.1) is 17.0 Å². The number of carbonyl (C=O) groups excluding carboxylic acids is 2. The Kier molecular flexibility index (Phi) is 6.71. The summed E-state index contributed by atoms with van der Waals surface area (Å²) >= 11 is 0. The van der Waals surface area contributed by atoms with Crippen molar-refractivity contribution < 1.29 is 28.2 Å². The first-order valence-corrected chi connectivity index (χ1v) is 9.97. The van der Waals surface area contributed by atoms with Crippen molar-refractivity contribution in [1.29, 1.82) is 0 Å². The van der Waals surface area contributed by atoms with Gasteiger partial charge in [0.15, 0.2) is 0 Å². The predicted molar refractivity (Wildman–Crippen MR) is 108 cm³/mol. The maximum Gasteiger partial charge on any atom is 0.343 e. The van der Waals surface area contributed by atoms with E-state index in [0.717, 1.165) is 22.9 Å². The fourth-order valence-corrected chi connectivity index (χ4v) is 3.44. The van der Waals surface area contributed by atoms with Crippen molar-refractivity contribution in [2.45, 2.75) is 39.8 Å². The largest absolute Gasteiger partial charge is 0.395 e. The van der Waals surface area contributed by atoms with Gasteiger partial charge in [0.25, 0.3) is 0 Å². The molecule has 0 unspecified atom stereocenters. The van der Waals surface area contributed by atoms with Gasteiger partial charge < -0.3 is 20.5 Å². The van der Waals surface area contributed by atoms with Crippen LogP contribution in [-0.4, -0.2) is 52.6 Å². The third-order valence-corrected chi connectivity index (χ3v) is 5.00. The normalized spacial score (nSPS) is 14.6. The highest BCUT2D eigenvalue weighted by Gasteiger charge is 2.34. The zero-order valence-corrected chi connectivity index (χ0v) is 17.7. The number of nitrogens with one attached hydrogen (secondary N) is 2. The van der Waals surface area contributed by atoms with Gasteiger partial charge in [0, 0.05) is 24.1 Å². The molecule has 1 aromatic heterocycles. The molecule has 8 nitrogen and oxygen atoms in total. The van der Waals surface area contributed by atoms with Crippen LogP contribution in [-0.2, 0) is 22.6 Å². The number of rotatable bonds is 5. The Balaban J connectivity index is 1.98. The van der Waals surface area contributed by atoms with Gasteiger partial charge in [-0.1, -0.05) is 20.8 Å². The zero-order chi connectivity index (χ0) is 22.8. The van der Waals surface area contributed by atoms with Crippen LogP contribution in [0.5, 0.6) is 0 Å². The molecule has 0 radical (unpaired) electrons. The fourth-order valence-electron chi connectivity index (χ4n) is 3.44. The van der Waals surface area contributed by atoms with Gasteiger partial charge >= 0.3 is 6.03 Å². The molecule has 168 valence electrons. The number of ether oxygens (including phenoxy) is 1. The lowest BCUT2D eigenvalue weighted by molar-refractivity contribution is -0.125. The molecule has 0 saturated carbocycles. The Hall–Kier alpha value is -2.85. The number of nitrogens with zero attached hydrogens (tertiary/aromatic N) is 2. The van der Waals surface area contributed by atoms with Crippen LogP contribution in [0.4, 0.5) is 13.6 Å². The quantitative estimate of drug-likeness (QED) is 0.665. The summed E-state index contributed by atoms with van der Waals surface area (Å²) in [7, 11) is 0. The van der Waals surface area contributed by atoms with Crippen molar-refractivity contribution in [1.82, 2.24) is 20.4 Å². The summed E-state index contributed by atoms with van der Waals surface area (Å²) in [6.45, 7) is 5.64. The number of aliphatic hydroxyl groups is 1. The van der Waals surface area contributed by atoms with E-state index in [4.69, 9.17) is 9.84 Å². The summed E-state index contributed by atoms with van der Waals surface area (Å²) in [6, 6.07) is 1.45. The van der Waals surface area contributed by atoms with E-state index in [1.807, 2.05) is 0 Å². The molecule has 3 N–H and O–H groups in total. The summed E-state index contributed by atoms with van der Waals surface area (Å²) in [5, 5.41) is 18.5. The molecule has 1 aliphatic rings. The molecule has 0 fully saturated rings. The summed E-state index contributed by atoms with van der Waals surface area (Å²) in [6.07, 6.45) is 0.351. The van der Waals surface area contributed by atoms with Crippen molar-refractivity contribution in [3.8, 4) is 11.3 Å². The van der Waals surface area contributed by atoms with E-state index in [-0.39, 0.29) is 31.0 Å². The Morgan fingerprint density at radius 3 is 2.74 bits per heavy atom. The fraction of sp³-hybridized carbons (Fsp3) is 0.476. The first-order chi connectivity index (χ1) is 14.6. The molecule has 2 aromatic rings. The van der Waals surface area contributed by atoms with Crippen molar-refractivity contribution >= 4 is 11.9 Å². The summed E-state index contributed by atoms with van der Waals surface area (Å²) < 4.78 is 34.7. The molecule has 1 aromatic carbocycles. The average molecular weight is 436 g/mol. The number of carbonyl (C=O) groups is 2. The molecule has 3 rings (SSSR count). The molecular weight excluding hydrogens is 410 g/mol. The van der Waals surface area contributed by atoms with Gasteiger partial charge in [0.1, 0.15) is 23.4 Å². The summed E-state index contributed by atoms with van der Waals surface area (Å²) in [5.41, 5.74) is 0.442. The SMILES string of the molecule is CC(C)(C)[C@H](NC(=O)n1nc(-c2cc(F)ccc2F)c2c1CCOC2)C(=O)NCCO. The van der Waals surface area contributed by atoms with Crippen LogP contribution < -0.4 is 10.6 Å². The zero-order valence-electron chi connectivity index (χ0n) is 17.7. The smallest absolute Gasteiger partial charge is 0.343 e. The van der Waals surface area contributed by atoms with Crippen LogP contribution in [0.3, 0.4) is 0 Å². The topological polar surface area (TPSA) is 105 Å². The minimum Gasteiger partial charge on any atom is -0.395 e. The first-order valence-electron chi connectivity index (χ1n) is 9.97. The third kappa shape index (κ3) is 4.91. The predicted octanol–water partition coefficient (Wildman–Crippen LogP) is 1.98. The van der Waals surface area contributed by atoms with E-state index in [0.29, 0.717) is 24.3 Å². The lowest BCUT2D eigenvalue weighted by Crippen LogP contribution is -2.55. The van der Waals surface area contributed by atoms with Crippen molar-refractivity contribution in [3.05, 3.63) is 41.1 Å². The minimum absolute atomic E-state index is 0.0544. The molecule has 0 saturated heterocycles. The highest BCUT2D eigenvalue weighted by Crippen LogP contribution is 2.31. The van der Waals surface area contributed by atoms with E-state index in [2.05, 4.69) is 15.7 Å². The first kappa shape index (κ1) is 22.8. The van der Waals surface area contributed by atoms with Crippen molar-refractivity contribution in [3.63, 3.8) is 0 Å². The lowest BCUT2D eigenvalue weighted by atomic mass is 9.86. The molecule has 2 heterocycles. The van der Waals surface area contributed by atoms with Gasteiger partial charge in [-0.15, -0.1) is 0 Å². The van der Waals surface area contributed by atoms with Gasteiger partial charge in [-0.3, -0.25) is 4.79 Å². The highest BCUT2D eigenvalue weighted by molar-refractivity contribution is 5.89. The van der Waals surface area contributed by atoms with Crippen LogP contribution in [0.15, 0.2) is 18.2 Å². The average Bonchev–Trinajstić information content (AvgIpc) is 3.10. The van der Waals surface area contributed by atoms with Crippen molar-refractivity contribution in [2.75, 3.05) is 19.8 Å². The van der Waals surface area contributed by atoms with Gasteiger partial charge in [-0.05, 0) is 23.6 Å². The van der Waals surface area contributed by atoms with Gasteiger partial charge in [-0.2, -0.15) is 9.78 Å². The van der Waals surface area contributed by atoms with E-state index in [9.17, 15) is 18.4 Å². The molecule has 0 bridgehead atoms. The van der Waals surface area contributed by atoms with Crippen LogP contribution in [0.2, 0.25) is 0 Å². The molecule has 31 heavy (non-hydrogen) atoms. The number of hydrogen-bond donors (Lipinski definition) is 3. The van der Waals surface area contributed by atoms with Crippen LogP contribution in [0.25, 0.3) is 11.3 Å². The number of aliphatic hydroxyl groups excluding tert-OH is 1. The molecule has 1 aliphatic heterocycles. The van der Waals surface area contributed by atoms with E-state index < -0.39 is 35.0 Å². The standard InChI is InChI=1S/C21H26F2N4O4/c1-21(2,3)18(19(29)24-7-8-28)25-20(30)27-16-6-9-31-11-14(16)17(26-27)13-10-12(22)4-5-15(13)23/h4-5,10,18,28H,6-9,11H2,1-3H3,(H,24,29)(H,25,30)/t18-/m1/s1. The molecule has 0 aliphatic carbocycles. The summed E-state index contributed by atoms with van der Waals surface area (Å²) in [4.78, 5) is 25.6. The number of benzene rings is 1. The lowest BCUT2D eigenvalue weighted by Gasteiger charge is -2.30. The monoisotopic (exact) mass is 436 g/mol. The Morgan fingerprint density at radius 1 is 1.32 bits per heavy atom. The number of halogens is 2. The minimum atomic E-state index is -0.916. The van der Waals surface area contributed by atoms with Gasteiger partial charge in [0.2, 0.25) is 5.91 Å². The Labute approximate surface area is 178 Å². The Morgan fingerprint density at radius 2 is 2.06 bits per heavy atom. The number of hydrogen-bond acceptors (Lipinski definition) is 5. The third-order valence-electron chi connectivity index (χ3n) is 5.00. The molecule has 10 heteroatoms. The second-order valence-corrected chi connectivity index (χ2v) is 8.38. The van der Waals surface area contributed by atoms with Gasteiger partial charge in [0.05, 0.1) is 25.5 Å². The van der Waals surface area contributed by atoms with Crippen LogP contribution in [0.1, 0.15) is 32.0 Å². The van der Waals surface area contributed by atoms with Gasteiger partial charge in [-0.25, -0.2) is 13.6 Å². The second kappa shape index (κ2) is 9.11. The number of fused-ring (bicyclic) bond motifs is 1. The van der Waals surface area contributed by atoms with E-state index >= 15 is 0 Å². The maximum atomic E-state index is 14.4. The molecular formula is C21H26F2N4O4. The number of amides is 2. The van der Waals surface area contributed by atoms with E-state index in [1.54, 1.807) is 20.8 Å². The molecule has 0 spiro atoms. The van der Waals surface area contributed by atoms with E-state index in [1.165, 1.54) is 0 Å².